The van der Waals surface area contributed by atoms with Crippen molar-refractivity contribution in [2.45, 2.75) is 13.0 Å². The van der Waals surface area contributed by atoms with Gasteiger partial charge in [-0.2, -0.15) is 0 Å². The Kier molecular flexibility index (Phi) is 4.08. The summed E-state index contributed by atoms with van der Waals surface area (Å²) < 4.78 is 20.6. The van der Waals surface area contributed by atoms with E-state index in [9.17, 15) is 4.39 Å². The fourth-order valence-electron chi connectivity index (χ4n) is 2.47. The first kappa shape index (κ1) is 14.3. The van der Waals surface area contributed by atoms with Gasteiger partial charge in [-0.15, -0.1) is 0 Å². The molecule has 1 N–H and O–H groups in total. The van der Waals surface area contributed by atoms with Crippen molar-refractivity contribution < 1.29 is 8.81 Å². The molecule has 0 aliphatic carbocycles. The van der Waals surface area contributed by atoms with Crippen molar-refractivity contribution in [1.82, 2.24) is 5.32 Å². The number of para-hydroxylation sites is 1. The Hall–Kier alpha value is -1.65. The van der Waals surface area contributed by atoms with E-state index in [0.29, 0.717) is 11.3 Å². The molecule has 0 saturated carbocycles. The lowest BCUT2D eigenvalue weighted by atomic mass is 10.0. The number of nitrogens with one attached hydrogen (secondary N) is 1. The van der Waals surface area contributed by atoms with Crippen LogP contribution in [0.2, 0.25) is 0 Å². The van der Waals surface area contributed by atoms with Gasteiger partial charge in [-0.3, -0.25) is 0 Å². The Morgan fingerprint density at radius 1 is 1.19 bits per heavy atom. The highest BCUT2D eigenvalue weighted by atomic mass is 79.9. The monoisotopic (exact) mass is 347 g/mol. The zero-order valence-corrected chi connectivity index (χ0v) is 13.2. The molecule has 0 spiro atoms. The van der Waals surface area contributed by atoms with E-state index in [-0.39, 0.29) is 11.9 Å². The van der Waals surface area contributed by atoms with E-state index in [4.69, 9.17) is 4.42 Å². The topological polar surface area (TPSA) is 25.2 Å². The first-order valence-electron chi connectivity index (χ1n) is 6.86. The van der Waals surface area contributed by atoms with Crippen molar-refractivity contribution in [3.63, 3.8) is 0 Å². The zero-order chi connectivity index (χ0) is 14.8. The summed E-state index contributed by atoms with van der Waals surface area (Å²) in [5.74, 6) is 0.380. The SMILES string of the molecule is CCNC(c1cc2cccc(F)c2o1)c1ccccc1Br. The molecule has 3 rings (SSSR count). The maximum absolute atomic E-state index is 13.8. The first-order chi connectivity index (χ1) is 10.2. The van der Waals surface area contributed by atoms with Gasteiger partial charge in [0.2, 0.25) is 0 Å². The fourth-order valence-corrected chi connectivity index (χ4v) is 2.98. The normalized spacial score (nSPS) is 12.7. The molecule has 0 saturated heterocycles. The van der Waals surface area contributed by atoms with Gasteiger partial charge >= 0.3 is 0 Å². The van der Waals surface area contributed by atoms with Crippen LogP contribution in [-0.2, 0) is 0 Å². The average Bonchev–Trinajstić information content (AvgIpc) is 2.91. The van der Waals surface area contributed by atoms with Gasteiger partial charge in [0.05, 0.1) is 6.04 Å². The lowest BCUT2D eigenvalue weighted by molar-refractivity contribution is 0.464. The molecular weight excluding hydrogens is 333 g/mol. The van der Waals surface area contributed by atoms with Crippen LogP contribution in [-0.4, -0.2) is 6.54 Å². The molecule has 4 heteroatoms. The van der Waals surface area contributed by atoms with Crippen molar-refractivity contribution >= 4 is 26.9 Å². The van der Waals surface area contributed by atoms with Gasteiger partial charge in [-0.05, 0) is 30.3 Å². The van der Waals surface area contributed by atoms with Gasteiger partial charge < -0.3 is 9.73 Å². The van der Waals surface area contributed by atoms with Crippen LogP contribution in [0, 0.1) is 5.82 Å². The summed E-state index contributed by atoms with van der Waals surface area (Å²) in [4.78, 5) is 0. The molecule has 2 aromatic carbocycles. The summed E-state index contributed by atoms with van der Waals surface area (Å²) in [6.45, 7) is 2.82. The quantitative estimate of drug-likeness (QED) is 0.715. The summed E-state index contributed by atoms with van der Waals surface area (Å²) in [5, 5.41) is 4.17. The maximum Gasteiger partial charge on any atom is 0.169 e. The van der Waals surface area contributed by atoms with Crippen LogP contribution >= 0.6 is 15.9 Å². The van der Waals surface area contributed by atoms with Gasteiger partial charge in [-0.25, -0.2) is 4.39 Å². The minimum atomic E-state index is -0.332. The third kappa shape index (κ3) is 2.74. The van der Waals surface area contributed by atoms with Gasteiger partial charge in [0.15, 0.2) is 11.4 Å². The Bertz CT molecular complexity index is 768. The van der Waals surface area contributed by atoms with Crippen LogP contribution in [0.1, 0.15) is 24.3 Å². The third-order valence-corrected chi connectivity index (χ3v) is 4.15. The smallest absolute Gasteiger partial charge is 0.169 e. The molecule has 1 unspecified atom stereocenters. The lowest BCUT2D eigenvalue weighted by Gasteiger charge is -2.17. The number of rotatable bonds is 4. The van der Waals surface area contributed by atoms with E-state index in [2.05, 4.69) is 21.2 Å². The summed E-state index contributed by atoms with van der Waals surface area (Å²) in [7, 11) is 0. The first-order valence-corrected chi connectivity index (χ1v) is 7.65. The van der Waals surface area contributed by atoms with E-state index in [1.807, 2.05) is 43.3 Å². The van der Waals surface area contributed by atoms with Crippen molar-refractivity contribution in [3.05, 3.63) is 70.1 Å². The molecule has 3 aromatic rings. The molecule has 0 aliphatic heterocycles. The third-order valence-electron chi connectivity index (χ3n) is 3.42. The molecule has 21 heavy (non-hydrogen) atoms. The predicted molar refractivity (Wildman–Crippen MR) is 85.8 cm³/mol. The number of hydrogen-bond acceptors (Lipinski definition) is 2. The molecule has 0 aliphatic rings. The molecule has 0 fully saturated rings. The van der Waals surface area contributed by atoms with Crippen LogP contribution in [0.15, 0.2) is 57.4 Å². The van der Waals surface area contributed by atoms with Crippen LogP contribution in [0.25, 0.3) is 11.0 Å². The molecule has 2 nitrogen and oxygen atoms in total. The molecule has 1 atom stereocenters. The van der Waals surface area contributed by atoms with Crippen molar-refractivity contribution in [2.24, 2.45) is 0 Å². The van der Waals surface area contributed by atoms with E-state index in [1.165, 1.54) is 6.07 Å². The Morgan fingerprint density at radius 3 is 2.71 bits per heavy atom. The molecule has 0 amide bonds. The molecule has 108 valence electrons. The largest absolute Gasteiger partial charge is 0.456 e. The zero-order valence-electron chi connectivity index (χ0n) is 11.6. The van der Waals surface area contributed by atoms with Crippen LogP contribution in [0.3, 0.4) is 0 Å². The van der Waals surface area contributed by atoms with Crippen molar-refractivity contribution in [1.29, 1.82) is 0 Å². The average molecular weight is 348 g/mol. The molecular formula is C17H15BrFNO. The number of halogens is 2. The summed E-state index contributed by atoms with van der Waals surface area (Å²) in [6, 6.07) is 14.7. The Labute approximate surface area is 131 Å². The number of furan rings is 1. The summed E-state index contributed by atoms with van der Waals surface area (Å²) in [5.41, 5.74) is 1.38. The number of hydrogen-bond donors (Lipinski definition) is 1. The number of fused-ring (bicyclic) bond motifs is 1. The second kappa shape index (κ2) is 6.00. The molecule has 1 heterocycles. The van der Waals surface area contributed by atoms with Gasteiger partial charge in [0, 0.05) is 9.86 Å². The summed E-state index contributed by atoms with van der Waals surface area (Å²) >= 11 is 3.57. The van der Waals surface area contributed by atoms with E-state index >= 15 is 0 Å². The highest BCUT2D eigenvalue weighted by molar-refractivity contribution is 9.10. The van der Waals surface area contributed by atoms with E-state index in [0.717, 1.165) is 22.0 Å². The summed E-state index contributed by atoms with van der Waals surface area (Å²) in [6.07, 6.45) is 0. The second-order valence-corrected chi connectivity index (χ2v) is 5.67. The fraction of sp³-hybridized carbons (Fsp3) is 0.176. The van der Waals surface area contributed by atoms with Crippen LogP contribution in [0.4, 0.5) is 4.39 Å². The lowest BCUT2D eigenvalue weighted by Crippen LogP contribution is -2.21. The second-order valence-electron chi connectivity index (χ2n) is 4.82. The van der Waals surface area contributed by atoms with E-state index < -0.39 is 0 Å². The Morgan fingerprint density at radius 2 is 2.00 bits per heavy atom. The standard InChI is InChI=1S/C17H15BrFNO/c1-2-20-16(12-7-3-4-8-13(12)18)15-10-11-6-5-9-14(19)17(11)21-15/h3-10,16,20H,2H2,1H3. The van der Waals surface area contributed by atoms with E-state index in [1.54, 1.807) is 6.07 Å². The van der Waals surface area contributed by atoms with Gasteiger partial charge in [-0.1, -0.05) is 53.2 Å². The van der Waals surface area contributed by atoms with Crippen molar-refractivity contribution in [3.8, 4) is 0 Å². The van der Waals surface area contributed by atoms with Gasteiger partial charge in [0.1, 0.15) is 5.76 Å². The van der Waals surface area contributed by atoms with Gasteiger partial charge in [0.25, 0.3) is 0 Å². The molecule has 0 radical (unpaired) electrons. The highest BCUT2D eigenvalue weighted by Gasteiger charge is 2.20. The number of benzene rings is 2. The molecule has 1 aromatic heterocycles. The maximum atomic E-state index is 13.8. The highest BCUT2D eigenvalue weighted by Crippen LogP contribution is 2.32. The van der Waals surface area contributed by atoms with Crippen LogP contribution in [0.5, 0.6) is 0 Å². The minimum absolute atomic E-state index is 0.114. The Balaban J connectivity index is 2.11. The molecule has 0 bridgehead atoms. The minimum Gasteiger partial charge on any atom is -0.456 e. The van der Waals surface area contributed by atoms with Crippen LogP contribution < -0.4 is 5.32 Å². The predicted octanol–water partition coefficient (Wildman–Crippen LogP) is 5.03. The van der Waals surface area contributed by atoms with Crippen molar-refractivity contribution in [2.75, 3.05) is 6.54 Å².